The van der Waals surface area contributed by atoms with E-state index >= 15 is 0 Å². The van der Waals surface area contributed by atoms with E-state index in [0.29, 0.717) is 23.1 Å². The molecule has 2 aliphatic carbocycles. The van der Waals surface area contributed by atoms with Crippen LogP contribution in [0.3, 0.4) is 0 Å². The van der Waals surface area contributed by atoms with E-state index in [-0.39, 0.29) is 17.5 Å². The highest BCUT2D eigenvalue weighted by Crippen LogP contribution is 2.62. The highest BCUT2D eigenvalue weighted by molar-refractivity contribution is 7.15. The van der Waals surface area contributed by atoms with Gasteiger partial charge >= 0.3 is 6.03 Å². The van der Waals surface area contributed by atoms with Gasteiger partial charge in [-0.2, -0.15) is 0 Å². The number of hydrogen-bond acceptors (Lipinski definition) is 5. The standard InChI is InChI=1S/C16H24N4O2S/c1-9(2)8-11-19-20-15(23-11)18-14(21)17-12-10-4-7-22-13(10)16(12)5-3-6-16/h9-10,12-13H,3-8H2,1-2H3,(H2,17,18,20,21)/t10-,12+,13+/m0/s1. The molecule has 1 aromatic heterocycles. The molecule has 4 rings (SSSR count). The third-order valence-corrected chi connectivity index (χ3v) is 6.45. The second-order valence-corrected chi connectivity index (χ2v) is 8.57. The lowest BCUT2D eigenvalue weighted by molar-refractivity contribution is -0.171. The van der Waals surface area contributed by atoms with Crippen LogP contribution in [0.25, 0.3) is 0 Å². The molecule has 1 aliphatic heterocycles. The number of hydrogen-bond donors (Lipinski definition) is 2. The van der Waals surface area contributed by atoms with Gasteiger partial charge in [0.05, 0.1) is 6.10 Å². The molecule has 2 N–H and O–H groups in total. The molecule has 0 radical (unpaired) electrons. The fraction of sp³-hybridized carbons (Fsp3) is 0.812. The second-order valence-electron chi connectivity index (χ2n) is 7.51. The maximum atomic E-state index is 12.3. The molecule has 0 bridgehead atoms. The van der Waals surface area contributed by atoms with Crippen LogP contribution in [0.15, 0.2) is 0 Å². The lowest BCUT2D eigenvalue weighted by atomic mass is 9.46. The summed E-state index contributed by atoms with van der Waals surface area (Å²) in [5.41, 5.74) is 0.211. The minimum atomic E-state index is -0.154. The Balaban J connectivity index is 1.36. The Labute approximate surface area is 140 Å². The minimum absolute atomic E-state index is 0.154. The van der Waals surface area contributed by atoms with Crippen molar-refractivity contribution in [3.8, 4) is 0 Å². The second kappa shape index (κ2) is 5.70. The Morgan fingerprint density at radius 3 is 2.96 bits per heavy atom. The average Bonchev–Trinajstić information content (AvgIpc) is 3.02. The third-order valence-electron chi connectivity index (χ3n) is 5.59. The Bertz CT molecular complexity index is 599. The van der Waals surface area contributed by atoms with E-state index in [4.69, 9.17) is 4.74 Å². The highest BCUT2D eigenvalue weighted by atomic mass is 32.1. The van der Waals surface area contributed by atoms with Crippen LogP contribution in [0.1, 0.15) is 44.5 Å². The van der Waals surface area contributed by atoms with Crippen molar-refractivity contribution < 1.29 is 9.53 Å². The lowest BCUT2D eigenvalue weighted by Gasteiger charge is -2.63. The van der Waals surface area contributed by atoms with Gasteiger partial charge in [-0.05, 0) is 25.2 Å². The topological polar surface area (TPSA) is 76.1 Å². The van der Waals surface area contributed by atoms with Gasteiger partial charge in [-0.1, -0.05) is 31.6 Å². The van der Waals surface area contributed by atoms with Crippen molar-refractivity contribution in [1.29, 1.82) is 0 Å². The third kappa shape index (κ3) is 2.54. The summed E-state index contributed by atoms with van der Waals surface area (Å²) in [5.74, 6) is 1.03. The monoisotopic (exact) mass is 336 g/mol. The van der Waals surface area contributed by atoms with Crippen molar-refractivity contribution in [2.45, 2.75) is 58.1 Å². The molecule has 2 heterocycles. The maximum absolute atomic E-state index is 12.3. The number of amides is 2. The van der Waals surface area contributed by atoms with E-state index in [9.17, 15) is 4.79 Å². The molecule has 126 valence electrons. The Morgan fingerprint density at radius 2 is 2.26 bits per heavy atom. The average molecular weight is 336 g/mol. The van der Waals surface area contributed by atoms with E-state index in [2.05, 4.69) is 34.7 Å². The number of rotatable bonds is 4. The van der Waals surface area contributed by atoms with Crippen LogP contribution < -0.4 is 10.6 Å². The van der Waals surface area contributed by atoms with Crippen molar-refractivity contribution in [1.82, 2.24) is 15.5 Å². The normalized spacial score (nSPS) is 30.7. The molecule has 1 saturated heterocycles. The van der Waals surface area contributed by atoms with Crippen molar-refractivity contribution in [2.75, 3.05) is 11.9 Å². The van der Waals surface area contributed by atoms with Gasteiger partial charge < -0.3 is 10.1 Å². The van der Waals surface area contributed by atoms with E-state index < -0.39 is 0 Å². The summed E-state index contributed by atoms with van der Waals surface area (Å²) in [5, 5.41) is 15.8. The summed E-state index contributed by atoms with van der Waals surface area (Å²) in [4.78, 5) is 12.3. The largest absolute Gasteiger partial charge is 0.377 e. The fourth-order valence-corrected chi connectivity index (χ4v) is 5.41. The first-order chi connectivity index (χ1) is 11.1. The summed E-state index contributed by atoms with van der Waals surface area (Å²) in [6.07, 6.45) is 5.94. The van der Waals surface area contributed by atoms with E-state index in [1.54, 1.807) is 0 Å². The Kier molecular flexibility index (Phi) is 3.80. The number of ether oxygens (including phenoxy) is 1. The molecule has 3 fully saturated rings. The fourth-order valence-electron chi connectivity index (χ4n) is 4.47. The van der Waals surface area contributed by atoms with Crippen molar-refractivity contribution in [2.24, 2.45) is 17.3 Å². The van der Waals surface area contributed by atoms with Crippen LogP contribution in [0.5, 0.6) is 0 Å². The van der Waals surface area contributed by atoms with E-state index in [1.807, 2.05) is 0 Å². The molecule has 0 unspecified atom stereocenters. The van der Waals surface area contributed by atoms with Crippen LogP contribution >= 0.6 is 11.3 Å². The molecule has 2 amide bonds. The zero-order valence-electron chi connectivity index (χ0n) is 13.7. The number of fused-ring (bicyclic) bond motifs is 2. The Morgan fingerprint density at radius 1 is 1.43 bits per heavy atom. The van der Waals surface area contributed by atoms with Gasteiger partial charge in [0, 0.05) is 30.4 Å². The number of nitrogens with one attached hydrogen (secondary N) is 2. The molecule has 1 aromatic rings. The van der Waals surface area contributed by atoms with E-state index in [1.165, 1.54) is 30.6 Å². The summed E-state index contributed by atoms with van der Waals surface area (Å²) >= 11 is 1.46. The SMILES string of the molecule is CC(C)Cc1nnc(NC(=O)N[C@@H]2[C@@H]3CCO[C@H]3C23CCC3)s1. The van der Waals surface area contributed by atoms with Gasteiger partial charge in [0.1, 0.15) is 5.01 Å². The molecular formula is C16H24N4O2S. The molecule has 6 nitrogen and oxygen atoms in total. The maximum Gasteiger partial charge on any atom is 0.321 e. The van der Waals surface area contributed by atoms with E-state index in [0.717, 1.165) is 24.5 Å². The highest BCUT2D eigenvalue weighted by Gasteiger charge is 2.67. The van der Waals surface area contributed by atoms with Crippen LogP contribution in [-0.4, -0.2) is 35.0 Å². The van der Waals surface area contributed by atoms with Crippen LogP contribution in [-0.2, 0) is 11.2 Å². The summed E-state index contributed by atoms with van der Waals surface area (Å²) in [7, 11) is 0. The Hall–Kier alpha value is -1.21. The summed E-state index contributed by atoms with van der Waals surface area (Å²) in [6, 6.07) is 0.102. The predicted molar refractivity (Wildman–Crippen MR) is 88.5 cm³/mol. The van der Waals surface area contributed by atoms with Gasteiger partial charge in [-0.3, -0.25) is 5.32 Å². The van der Waals surface area contributed by atoms with Crippen molar-refractivity contribution in [3.63, 3.8) is 0 Å². The summed E-state index contributed by atoms with van der Waals surface area (Å²) in [6.45, 7) is 5.14. The zero-order chi connectivity index (χ0) is 16.0. The van der Waals surface area contributed by atoms with Gasteiger partial charge in [0.15, 0.2) is 0 Å². The van der Waals surface area contributed by atoms with Crippen molar-refractivity contribution in [3.05, 3.63) is 5.01 Å². The number of anilines is 1. The molecule has 3 aliphatic rings. The first-order valence-electron chi connectivity index (χ1n) is 8.60. The predicted octanol–water partition coefficient (Wildman–Crippen LogP) is 2.82. The molecule has 1 spiro atoms. The van der Waals surface area contributed by atoms with Gasteiger partial charge in [0.25, 0.3) is 0 Å². The molecule has 0 aromatic carbocycles. The number of urea groups is 1. The number of aromatic nitrogens is 2. The molecule has 23 heavy (non-hydrogen) atoms. The minimum Gasteiger partial charge on any atom is -0.377 e. The molecule has 2 saturated carbocycles. The zero-order valence-corrected chi connectivity index (χ0v) is 14.5. The molecule has 3 atom stereocenters. The number of carbonyl (C=O) groups excluding carboxylic acids is 1. The quantitative estimate of drug-likeness (QED) is 0.886. The van der Waals surface area contributed by atoms with Crippen LogP contribution in [0.2, 0.25) is 0 Å². The van der Waals surface area contributed by atoms with Crippen molar-refractivity contribution >= 4 is 22.5 Å². The number of nitrogens with zero attached hydrogens (tertiary/aromatic N) is 2. The first kappa shape index (κ1) is 15.3. The smallest absolute Gasteiger partial charge is 0.321 e. The molecule has 7 heteroatoms. The van der Waals surface area contributed by atoms with Gasteiger partial charge in [0.2, 0.25) is 5.13 Å². The lowest BCUT2D eigenvalue weighted by Crippen LogP contribution is -2.72. The first-order valence-corrected chi connectivity index (χ1v) is 9.42. The van der Waals surface area contributed by atoms with Gasteiger partial charge in [-0.15, -0.1) is 10.2 Å². The van der Waals surface area contributed by atoms with Crippen LogP contribution in [0.4, 0.5) is 9.93 Å². The molecular weight excluding hydrogens is 312 g/mol. The summed E-state index contributed by atoms with van der Waals surface area (Å²) < 4.78 is 5.89. The van der Waals surface area contributed by atoms with Gasteiger partial charge in [-0.25, -0.2) is 4.79 Å². The van der Waals surface area contributed by atoms with Crippen LogP contribution in [0, 0.1) is 17.3 Å². The number of carbonyl (C=O) groups is 1.